The highest BCUT2D eigenvalue weighted by Gasteiger charge is 2.10. The van der Waals surface area contributed by atoms with Crippen molar-refractivity contribution in [1.82, 2.24) is 10.3 Å². The van der Waals surface area contributed by atoms with Crippen LogP contribution in [0.1, 0.15) is 10.4 Å². The van der Waals surface area contributed by atoms with Crippen molar-refractivity contribution in [2.45, 2.75) is 0 Å². The summed E-state index contributed by atoms with van der Waals surface area (Å²) in [6.45, 7) is 0. The van der Waals surface area contributed by atoms with Gasteiger partial charge in [0.05, 0.1) is 17.3 Å². The maximum Gasteiger partial charge on any atom is 0.257 e. The molecule has 3 aromatic rings. The number of fused-ring (bicyclic) bond motifs is 1. The van der Waals surface area contributed by atoms with Gasteiger partial charge in [0.25, 0.3) is 5.91 Å². The molecule has 8 heteroatoms. The van der Waals surface area contributed by atoms with Crippen LogP contribution in [0.2, 0.25) is 0 Å². The van der Waals surface area contributed by atoms with Gasteiger partial charge in [0.2, 0.25) is 0 Å². The van der Waals surface area contributed by atoms with Crippen molar-refractivity contribution in [1.29, 1.82) is 0 Å². The molecule has 2 N–H and O–H groups in total. The fourth-order valence-corrected chi connectivity index (χ4v) is 3.14. The second-order valence-corrected chi connectivity index (χ2v) is 6.21. The molecule has 2 aromatic carbocycles. The highest BCUT2D eigenvalue weighted by atomic mass is 32.1. The number of carbonyl (C=O) groups is 1. The Morgan fingerprint density at radius 3 is 2.71 bits per heavy atom. The number of methoxy groups -OCH3 is 1. The summed E-state index contributed by atoms with van der Waals surface area (Å²) in [4.78, 5) is 16.4. The molecule has 0 saturated carbocycles. The van der Waals surface area contributed by atoms with Crippen LogP contribution in [0.4, 0.5) is 9.52 Å². The van der Waals surface area contributed by atoms with Crippen molar-refractivity contribution < 1.29 is 13.9 Å². The molecule has 24 heavy (non-hydrogen) atoms. The van der Waals surface area contributed by atoms with E-state index in [1.165, 1.54) is 35.6 Å². The molecule has 0 atom stereocenters. The number of hydrogen-bond donors (Lipinski definition) is 2. The molecule has 1 heterocycles. The number of carbonyl (C=O) groups excluding carboxylic acids is 1. The highest BCUT2D eigenvalue weighted by Crippen LogP contribution is 2.29. The van der Waals surface area contributed by atoms with E-state index in [4.69, 9.17) is 17.0 Å². The number of thiocarbonyl (C=S) groups is 1. The predicted octanol–water partition coefficient (Wildman–Crippen LogP) is 3.57. The first-order chi connectivity index (χ1) is 11.5. The minimum Gasteiger partial charge on any atom is -0.497 e. The van der Waals surface area contributed by atoms with E-state index in [0.29, 0.717) is 10.7 Å². The van der Waals surface area contributed by atoms with Crippen molar-refractivity contribution >= 4 is 49.9 Å². The minimum atomic E-state index is -0.421. The Labute approximate surface area is 146 Å². The number of rotatable bonds is 3. The van der Waals surface area contributed by atoms with Gasteiger partial charge in [0.15, 0.2) is 10.2 Å². The molecule has 3 rings (SSSR count). The Balaban J connectivity index is 1.68. The van der Waals surface area contributed by atoms with E-state index < -0.39 is 11.7 Å². The summed E-state index contributed by atoms with van der Waals surface area (Å²) in [7, 11) is 1.60. The second kappa shape index (κ2) is 6.90. The lowest BCUT2D eigenvalue weighted by Crippen LogP contribution is -2.34. The molecule has 1 amide bonds. The van der Waals surface area contributed by atoms with Crippen LogP contribution < -0.4 is 15.4 Å². The highest BCUT2D eigenvalue weighted by molar-refractivity contribution is 7.80. The number of hydrogen-bond acceptors (Lipinski definition) is 5. The van der Waals surface area contributed by atoms with Crippen molar-refractivity contribution in [2.75, 3.05) is 12.4 Å². The van der Waals surface area contributed by atoms with Gasteiger partial charge in [0.1, 0.15) is 11.6 Å². The van der Waals surface area contributed by atoms with E-state index in [2.05, 4.69) is 15.6 Å². The average Bonchev–Trinajstić information content (AvgIpc) is 2.96. The first kappa shape index (κ1) is 16.3. The molecule has 0 aliphatic carbocycles. The van der Waals surface area contributed by atoms with Crippen molar-refractivity contribution in [3.8, 4) is 5.75 Å². The number of ether oxygens (including phenoxy) is 1. The van der Waals surface area contributed by atoms with Crippen molar-refractivity contribution in [3.63, 3.8) is 0 Å². The number of anilines is 1. The molecule has 122 valence electrons. The van der Waals surface area contributed by atoms with Crippen LogP contribution in [0.3, 0.4) is 0 Å². The summed E-state index contributed by atoms with van der Waals surface area (Å²) in [6.07, 6.45) is 0. The Morgan fingerprint density at radius 1 is 1.25 bits per heavy atom. The van der Waals surface area contributed by atoms with Crippen molar-refractivity contribution in [2.24, 2.45) is 0 Å². The third-order valence-electron chi connectivity index (χ3n) is 3.15. The summed E-state index contributed by atoms with van der Waals surface area (Å²) in [5, 5.41) is 6.08. The fourth-order valence-electron chi connectivity index (χ4n) is 1.99. The molecule has 0 aliphatic rings. The fraction of sp³-hybridized carbons (Fsp3) is 0.0625. The zero-order valence-corrected chi connectivity index (χ0v) is 14.1. The number of halogens is 1. The normalized spacial score (nSPS) is 10.4. The van der Waals surface area contributed by atoms with E-state index in [9.17, 15) is 9.18 Å². The van der Waals surface area contributed by atoms with Crippen molar-refractivity contribution in [3.05, 3.63) is 53.8 Å². The first-order valence-electron chi connectivity index (χ1n) is 6.87. The van der Waals surface area contributed by atoms with Gasteiger partial charge in [-0.25, -0.2) is 9.37 Å². The number of thiazole rings is 1. The van der Waals surface area contributed by atoms with Gasteiger partial charge in [-0.05, 0) is 54.7 Å². The van der Waals surface area contributed by atoms with Crippen LogP contribution in [0.15, 0.2) is 42.5 Å². The van der Waals surface area contributed by atoms with Gasteiger partial charge in [-0.1, -0.05) is 11.3 Å². The van der Waals surface area contributed by atoms with E-state index in [-0.39, 0.29) is 5.11 Å². The van der Waals surface area contributed by atoms with Crippen LogP contribution >= 0.6 is 23.6 Å². The lowest BCUT2D eigenvalue weighted by Gasteiger charge is -2.06. The van der Waals surface area contributed by atoms with Gasteiger partial charge >= 0.3 is 0 Å². The third-order valence-corrected chi connectivity index (χ3v) is 4.29. The molecule has 0 bridgehead atoms. The van der Waals surface area contributed by atoms with Gasteiger partial charge in [-0.3, -0.25) is 10.1 Å². The van der Waals surface area contributed by atoms with Gasteiger partial charge < -0.3 is 10.1 Å². The number of aromatic nitrogens is 1. The maximum absolute atomic E-state index is 12.9. The van der Waals surface area contributed by atoms with E-state index in [0.717, 1.165) is 16.0 Å². The summed E-state index contributed by atoms with van der Waals surface area (Å²) in [5.74, 6) is -0.0858. The Kier molecular flexibility index (Phi) is 4.68. The molecule has 0 saturated heterocycles. The molecule has 0 unspecified atom stereocenters. The molecule has 0 spiro atoms. The monoisotopic (exact) mass is 361 g/mol. The SMILES string of the molecule is COc1ccc2nc(NC(=S)NC(=O)c3ccc(F)cc3)sc2c1. The lowest BCUT2D eigenvalue weighted by atomic mass is 10.2. The topological polar surface area (TPSA) is 63.2 Å². The lowest BCUT2D eigenvalue weighted by molar-refractivity contribution is 0.0977. The van der Waals surface area contributed by atoms with Crippen LogP contribution in [0.25, 0.3) is 10.2 Å². The van der Waals surface area contributed by atoms with Crippen LogP contribution in [0, 0.1) is 5.82 Å². The molecule has 0 aliphatic heterocycles. The number of amides is 1. The van der Waals surface area contributed by atoms with Crippen LogP contribution in [-0.4, -0.2) is 23.1 Å². The van der Waals surface area contributed by atoms with Crippen LogP contribution in [0.5, 0.6) is 5.75 Å². The number of benzene rings is 2. The maximum atomic E-state index is 12.9. The molecule has 0 fully saturated rings. The Hall–Kier alpha value is -2.58. The zero-order valence-electron chi connectivity index (χ0n) is 12.5. The average molecular weight is 361 g/mol. The molecule has 0 radical (unpaired) electrons. The smallest absolute Gasteiger partial charge is 0.257 e. The molecule has 5 nitrogen and oxygen atoms in total. The molecule has 1 aromatic heterocycles. The zero-order chi connectivity index (χ0) is 17.1. The molecular weight excluding hydrogens is 349 g/mol. The second-order valence-electron chi connectivity index (χ2n) is 4.77. The van der Waals surface area contributed by atoms with Crippen LogP contribution in [-0.2, 0) is 0 Å². The minimum absolute atomic E-state index is 0.121. The first-order valence-corrected chi connectivity index (χ1v) is 8.10. The quantitative estimate of drug-likeness (QED) is 0.699. The Morgan fingerprint density at radius 2 is 2.00 bits per heavy atom. The largest absolute Gasteiger partial charge is 0.497 e. The van der Waals surface area contributed by atoms with Gasteiger partial charge in [-0.2, -0.15) is 0 Å². The summed E-state index contributed by atoms with van der Waals surface area (Å²) >= 11 is 6.51. The predicted molar refractivity (Wildman–Crippen MR) is 96.3 cm³/mol. The van der Waals surface area contributed by atoms with E-state index >= 15 is 0 Å². The van der Waals surface area contributed by atoms with Gasteiger partial charge in [-0.15, -0.1) is 0 Å². The van der Waals surface area contributed by atoms with Gasteiger partial charge in [0, 0.05) is 5.56 Å². The standard InChI is InChI=1S/C16H12FN3O2S2/c1-22-11-6-7-12-13(8-11)24-16(18-12)20-15(23)19-14(21)9-2-4-10(17)5-3-9/h2-8H,1H3,(H2,18,19,20,21,23). The third kappa shape index (κ3) is 3.66. The number of nitrogens with zero attached hydrogens (tertiary/aromatic N) is 1. The summed E-state index contributed by atoms with van der Waals surface area (Å²) in [6, 6.07) is 10.7. The summed E-state index contributed by atoms with van der Waals surface area (Å²) < 4.78 is 19.0. The molecular formula is C16H12FN3O2S2. The number of nitrogens with one attached hydrogen (secondary N) is 2. The summed E-state index contributed by atoms with van der Waals surface area (Å²) in [5.41, 5.74) is 1.12. The van der Waals surface area contributed by atoms with E-state index in [1.54, 1.807) is 7.11 Å². The van der Waals surface area contributed by atoms with E-state index in [1.807, 2.05) is 18.2 Å². The Bertz CT molecular complexity index is 909.